The SMILES string of the molecule is c1ccc(-c2ccccc2-c2ccccc2N(c2ccc3c(c2)C2(c4ccccc4-3)c3ccccc3-n3c4ccccc4c4cccc2c43)c2cccc3c2-c2ccccc2C3(c2ccccc2)c2ccccc2)cc1. The van der Waals surface area contributed by atoms with Crippen LogP contribution in [0.1, 0.15) is 44.5 Å². The van der Waals surface area contributed by atoms with Crippen molar-refractivity contribution in [2.75, 3.05) is 4.90 Å². The first-order chi connectivity index (χ1) is 37.8. The van der Waals surface area contributed by atoms with E-state index >= 15 is 0 Å². The molecule has 1 aliphatic heterocycles. The van der Waals surface area contributed by atoms with Gasteiger partial charge in [0.15, 0.2) is 0 Å². The number of aromatic nitrogens is 1. The Bertz CT molecular complexity index is 4430. The molecule has 1 aromatic heterocycles. The van der Waals surface area contributed by atoms with Crippen LogP contribution in [0.2, 0.25) is 0 Å². The number of nitrogens with zero attached hydrogens (tertiary/aromatic N) is 2. The Morgan fingerprint density at radius 1 is 0.289 bits per heavy atom. The van der Waals surface area contributed by atoms with E-state index < -0.39 is 10.8 Å². The molecule has 0 N–H and O–H groups in total. The summed E-state index contributed by atoms with van der Waals surface area (Å²) < 4.78 is 2.54. The summed E-state index contributed by atoms with van der Waals surface area (Å²) in [5.74, 6) is 0. The molecular weight excluding hydrogens is 917 g/mol. The molecule has 2 heteroatoms. The summed E-state index contributed by atoms with van der Waals surface area (Å²) in [5, 5.41) is 2.54. The molecule has 0 radical (unpaired) electrons. The number of rotatable bonds is 7. The quantitative estimate of drug-likeness (QED) is 0.155. The summed E-state index contributed by atoms with van der Waals surface area (Å²) in [6.45, 7) is 0. The topological polar surface area (TPSA) is 8.17 Å². The van der Waals surface area contributed by atoms with Crippen LogP contribution in [-0.2, 0) is 10.8 Å². The minimum Gasteiger partial charge on any atom is -0.309 e. The summed E-state index contributed by atoms with van der Waals surface area (Å²) in [6, 6.07) is 109. The monoisotopic (exact) mass is 964 g/mol. The van der Waals surface area contributed by atoms with Gasteiger partial charge in [-0.05, 0) is 114 Å². The van der Waals surface area contributed by atoms with Crippen LogP contribution in [0.25, 0.3) is 72.0 Å². The van der Waals surface area contributed by atoms with E-state index in [9.17, 15) is 0 Å². The lowest BCUT2D eigenvalue weighted by Crippen LogP contribution is -2.33. The van der Waals surface area contributed by atoms with Crippen molar-refractivity contribution in [3.63, 3.8) is 0 Å². The molecule has 76 heavy (non-hydrogen) atoms. The van der Waals surface area contributed by atoms with E-state index in [-0.39, 0.29) is 0 Å². The second-order valence-corrected chi connectivity index (χ2v) is 20.6. The van der Waals surface area contributed by atoms with Crippen LogP contribution >= 0.6 is 0 Å². The van der Waals surface area contributed by atoms with Gasteiger partial charge in [0, 0.05) is 27.6 Å². The Balaban J connectivity index is 1.03. The zero-order chi connectivity index (χ0) is 50.0. The van der Waals surface area contributed by atoms with Crippen LogP contribution in [0.15, 0.2) is 291 Å². The van der Waals surface area contributed by atoms with E-state index in [0.29, 0.717) is 0 Å². The van der Waals surface area contributed by atoms with Gasteiger partial charge in [-0.3, -0.25) is 0 Å². The fraction of sp³-hybridized carbons (Fsp3) is 0.0270. The lowest BCUT2D eigenvalue weighted by Gasteiger charge is -2.40. The average molecular weight is 965 g/mol. The first-order valence-electron chi connectivity index (χ1n) is 26.5. The number of benzene rings is 12. The van der Waals surface area contributed by atoms with Crippen LogP contribution < -0.4 is 4.90 Å². The third-order valence-electron chi connectivity index (χ3n) is 17.1. The maximum atomic E-state index is 2.60. The van der Waals surface area contributed by atoms with Gasteiger partial charge in [0.1, 0.15) is 0 Å². The summed E-state index contributed by atoms with van der Waals surface area (Å²) in [4.78, 5) is 2.60. The van der Waals surface area contributed by atoms with Gasteiger partial charge in [0.2, 0.25) is 0 Å². The molecule has 0 fully saturated rings. The molecule has 2 nitrogen and oxygen atoms in total. The molecule has 3 aliphatic rings. The Labute approximate surface area is 442 Å². The fourth-order valence-corrected chi connectivity index (χ4v) is 14.2. The lowest BCUT2D eigenvalue weighted by molar-refractivity contribution is 0.748. The largest absolute Gasteiger partial charge is 0.309 e. The zero-order valence-corrected chi connectivity index (χ0v) is 41.6. The highest BCUT2D eigenvalue weighted by atomic mass is 15.1. The molecular formula is C74H48N2. The molecule has 0 saturated heterocycles. The van der Waals surface area contributed by atoms with Crippen molar-refractivity contribution in [1.29, 1.82) is 0 Å². The Morgan fingerprint density at radius 3 is 1.57 bits per heavy atom. The molecule has 16 rings (SSSR count). The fourth-order valence-electron chi connectivity index (χ4n) is 14.2. The lowest BCUT2D eigenvalue weighted by atomic mass is 9.65. The van der Waals surface area contributed by atoms with Gasteiger partial charge in [-0.2, -0.15) is 0 Å². The molecule has 1 spiro atoms. The number of anilines is 3. The number of hydrogen-bond acceptors (Lipinski definition) is 1. The highest BCUT2D eigenvalue weighted by Gasteiger charge is 2.52. The van der Waals surface area contributed by atoms with Gasteiger partial charge in [0.25, 0.3) is 0 Å². The standard InChI is InChI=1S/C74H48N2/c1-4-24-49(25-5-1)53-30-10-11-31-54(53)57-33-14-19-42-67(57)75(70-45-23-40-64-71(70)60-35-13-17-38-62(60)73(64,50-26-6-2-7-27-50)51-28-8-3-9-29-51)52-46-47-56-55-32-12-16-37-61(55)74(66(56)48-52)63-39-18-21-44-69(63)76-68-43-20-15-34-58(68)59-36-22-41-65(74)72(59)76/h1-48H. The Kier molecular flexibility index (Phi) is 9.20. The average Bonchev–Trinajstić information content (AvgIpc) is 4.32. The van der Waals surface area contributed by atoms with Crippen LogP contribution in [0, 0.1) is 0 Å². The highest BCUT2D eigenvalue weighted by molar-refractivity contribution is 6.13. The van der Waals surface area contributed by atoms with Crippen molar-refractivity contribution in [2.24, 2.45) is 0 Å². The van der Waals surface area contributed by atoms with E-state index in [1.807, 2.05) is 0 Å². The van der Waals surface area contributed by atoms with Crippen molar-refractivity contribution in [2.45, 2.75) is 10.8 Å². The third kappa shape index (κ3) is 5.65. The highest BCUT2D eigenvalue weighted by Crippen LogP contribution is 2.64. The van der Waals surface area contributed by atoms with Gasteiger partial charge < -0.3 is 9.47 Å². The Hall–Kier alpha value is -9.76. The molecule has 0 saturated carbocycles. The van der Waals surface area contributed by atoms with Gasteiger partial charge in [-0.15, -0.1) is 0 Å². The predicted molar refractivity (Wildman–Crippen MR) is 315 cm³/mol. The normalized spacial score (nSPS) is 15.0. The third-order valence-corrected chi connectivity index (χ3v) is 17.1. The van der Waals surface area contributed by atoms with Crippen LogP contribution in [-0.4, -0.2) is 4.57 Å². The van der Waals surface area contributed by atoms with E-state index in [0.717, 1.165) is 22.6 Å². The number of hydrogen-bond donors (Lipinski definition) is 0. The van der Waals surface area contributed by atoms with Crippen molar-refractivity contribution in [1.82, 2.24) is 4.57 Å². The smallest absolute Gasteiger partial charge is 0.0755 e. The predicted octanol–water partition coefficient (Wildman–Crippen LogP) is 18.6. The number of fused-ring (bicyclic) bond motifs is 15. The Morgan fingerprint density at radius 2 is 0.803 bits per heavy atom. The van der Waals surface area contributed by atoms with E-state index in [2.05, 4.69) is 301 Å². The second-order valence-electron chi connectivity index (χ2n) is 20.6. The van der Waals surface area contributed by atoms with Crippen LogP contribution in [0.4, 0.5) is 17.1 Å². The van der Waals surface area contributed by atoms with Gasteiger partial charge in [-0.25, -0.2) is 0 Å². The van der Waals surface area contributed by atoms with E-state index in [1.165, 1.54) is 111 Å². The summed E-state index contributed by atoms with van der Waals surface area (Å²) >= 11 is 0. The number of para-hydroxylation sites is 4. The van der Waals surface area contributed by atoms with E-state index in [4.69, 9.17) is 0 Å². The van der Waals surface area contributed by atoms with Crippen LogP contribution in [0.5, 0.6) is 0 Å². The van der Waals surface area contributed by atoms with Gasteiger partial charge >= 0.3 is 0 Å². The minimum absolute atomic E-state index is 0.581. The summed E-state index contributed by atoms with van der Waals surface area (Å²) in [5.41, 5.74) is 25.7. The maximum Gasteiger partial charge on any atom is 0.0755 e. The summed E-state index contributed by atoms with van der Waals surface area (Å²) in [6.07, 6.45) is 0. The molecule has 354 valence electrons. The molecule has 13 aromatic rings. The van der Waals surface area contributed by atoms with Crippen molar-refractivity contribution >= 4 is 38.9 Å². The minimum atomic E-state index is -0.630. The molecule has 0 amide bonds. The molecule has 0 bridgehead atoms. The van der Waals surface area contributed by atoms with Gasteiger partial charge in [0.05, 0.1) is 38.9 Å². The summed E-state index contributed by atoms with van der Waals surface area (Å²) in [7, 11) is 0. The molecule has 2 aliphatic carbocycles. The second kappa shape index (κ2) is 16.4. The zero-order valence-electron chi connectivity index (χ0n) is 41.6. The molecule has 1 atom stereocenters. The first kappa shape index (κ1) is 42.7. The first-order valence-corrected chi connectivity index (χ1v) is 26.5. The van der Waals surface area contributed by atoms with Crippen LogP contribution in [0.3, 0.4) is 0 Å². The molecule has 1 unspecified atom stereocenters. The maximum absolute atomic E-state index is 2.60. The molecule has 2 heterocycles. The molecule has 12 aromatic carbocycles. The van der Waals surface area contributed by atoms with Gasteiger partial charge in [-0.1, -0.05) is 255 Å². The van der Waals surface area contributed by atoms with E-state index in [1.54, 1.807) is 0 Å². The van der Waals surface area contributed by atoms with Crippen molar-refractivity contribution in [3.05, 3.63) is 336 Å². The van der Waals surface area contributed by atoms with Crippen molar-refractivity contribution in [3.8, 4) is 50.2 Å². The van der Waals surface area contributed by atoms with Crippen molar-refractivity contribution < 1.29 is 0 Å².